The molecule has 1 N–H and O–H groups in total. The van der Waals surface area contributed by atoms with Gasteiger partial charge in [-0.2, -0.15) is 0 Å². The summed E-state index contributed by atoms with van der Waals surface area (Å²) >= 11 is 0. The number of hydrogen-bond acceptors (Lipinski definition) is 4. The average Bonchev–Trinajstić information content (AvgIpc) is 3.28. The number of nitrogens with zero attached hydrogens (tertiary/aromatic N) is 4. The zero-order chi connectivity index (χ0) is 17.7. The first-order valence-electron chi connectivity index (χ1n) is 10.4. The van der Waals surface area contributed by atoms with Crippen LogP contribution in [0.2, 0.25) is 0 Å². The van der Waals surface area contributed by atoms with Crippen molar-refractivity contribution in [2.45, 2.75) is 63.6 Å². The van der Waals surface area contributed by atoms with Gasteiger partial charge in [0.25, 0.3) is 0 Å². The summed E-state index contributed by atoms with van der Waals surface area (Å²) in [6, 6.07) is 0.256. The van der Waals surface area contributed by atoms with E-state index in [2.05, 4.69) is 15.8 Å². The molecule has 1 aromatic rings. The highest BCUT2D eigenvalue weighted by molar-refractivity contribution is 5.80. The first-order chi connectivity index (χ1) is 12.7. The number of aromatic nitrogens is 2. The molecule has 1 amide bonds. The number of imidazole rings is 1. The molecule has 0 aromatic carbocycles. The van der Waals surface area contributed by atoms with Gasteiger partial charge in [-0.05, 0) is 31.6 Å². The third kappa shape index (κ3) is 2.87. The average molecular weight is 358 g/mol. The van der Waals surface area contributed by atoms with Crippen molar-refractivity contribution >= 4 is 5.91 Å². The van der Waals surface area contributed by atoms with Gasteiger partial charge in [0.2, 0.25) is 5.91 Å². The molecule has 0 spiro atoms. The van der Waals surface area contributed by atoms with Gasteiger partial charge in [0.1, 0.15) is 0 Å². The molecule has 0 bridgehead atoms. The van der Waals surface area contributed by atoms with Crippen LogP contribution in [-0.4, -0.2) is 62.6 Å². The van der Waals surface area contributed by atoms with Crippen molar-refractivity contribution in [1.29, 1.82) is 0 Å². The number of piperazine rings is 1. The molecule has 2 saturated carbocycles. The van der Waals surface area contributed by atoms with E-state index >= 15 is 0 Å². The lowest BCUT2D eigenvalue weighted by atomic mass is 9.81. The van der Waals surface area contributed by atoms with Crippen molar-refractivity contribution in [3.05, 3.63) is 17.7 Å². The van der Waals surface area contributed by atoms with E-state index in [0.29, 0.717) is 12.8 Å². The second-order valence-corrected chi connectivity index (χ2v) is 8.79. The fraction of sp³-hybridized carbons (Fsp3) is 0.800. The highest BCUT2D eigenvalue weighted by atomic mass is 16.3. The van der Waals surface area contributed by atoms with E-state index in [4.69, 9.17) is 4.98 Å². The van der Waals surface area contributed by atoms with Crippen LogP contribution < -0.4 is 0 Å². The largest absolute Gasteiger partial charge is 0.393 e. The van der Waals surface area contributed by atoms with Gasteiger partial charge in [-0.1, -0.05) is 12.8 Å². The lowest BCUT2D eigenvalue weighted by Crippen LogP contribution is -2.55. The normalized spacial score (nSPS) is 32.2. The number of carbonyl (C=O) groups excluding carboxylic acids is 1. The third-order valence-electron chi connectivity index (χ3n) is 7.12. The first kappa shape index (κ1) is 16.8. The van der Waals surface area contributed by atoms with Gasteiger partial charge in [-0.15, -0.1) is 0 Å². The van der Waals surface area contributed by atoms with Gasteiger partial charge in [-0.3, -0.25) is 9.69 Å². The standard InChI is InChI=1S/C20H30N4O2/c25-16-9-15(10-16)20(26)23-8-7-22-6-5-17-19(18(22)12-23)21-13-24(17)11-14-3-1-2-4-14/h13-16,18,25H,1-12H2. The summed E-state index contributed by atoms with van der Waals surface area (Å²) < 4.78 is 2.41. The van der Waals surface area contributed by atoms with Crippen LogP contribution in [0.5, 0.6) is 0 Å². The van der Waals surface area contributed by atoms with Gasteiger partial charge in [-0.25, -0.2) is 4.98 Å². The zero-order valence-electron chi connectivity index (χ0n) is 15.5. The van der Waals surface area contributed by atoms with E-state index in [1.165, 1.54) is 37.1 Å². The summed E-state index contributed by atoms with van der Waals surface area (Å²) in [5, 5.41) is 9.51. The van der Waals surface area contributed by atoms with Crippen molar-refractivity contribution < 1.29 is 9.90 Å². The molecule has 1 saturated heterocycles. The Morgan fingerprint density at radius 1 is 1.19 bits per heavy atom. The summed E-state index contributed by atoms with van der Waals surface area (Å²) in [6.07, 6.45) is 9.64. The Morgan fingerprint density at radius 2 is 2.00 bits per heavy atom. The molecule has 2 aliphatic carbocycles. The van der Waals surface area contributed by atoms with Gasteiger partial charge in [0.15, 0.2) is 0 Å². The molecule has 4 aliphatic rings. The van der Waals surface area contributed by atoms with Crippen LogP contribution >= 0.6 is 0 Å². The number of amides is 1. The molecule has 1 aromatic heterocycles. The maximum atomic E-state index is 12.7. The van der Waals surface area contributed by atoms with Gasteiger partial charge >= 0.3 is 0 Å². The van der Waals surface area contributed by atoms with Crippen LogP contribution in [0.1, 0.15) is 56.0 Å². The van der Waals surface area contributed by atoms with E-state index in [1.807, 2.05) is 4.90 Å². The van der Waals surface area contributed by atoms with E-state index in [0.717, 1.165) is 45.1 Å². The summed E-state index contributed by atoms with van der Waals surface area (Å²) in [5.41, 5.74) is 2.62. The Hall–Kier alpha value is -1.40. The fourth-order valence-corrected chi connectivity index (χ4v) is 5.45. The van der Waals surface area contributed by atoms with Gasteiger partial charge in [0, 0.05) is 50.8 Å². The summed E-state index contributed by atoms with van der Waals surface area (Å²) in [7, 11) is 0. The van der Waals surface area contributed by atoms with Crippen molar-refractivity contribution in [2.24, 2.45) is 11.8 Å². The van der Waals surface area contributed by atoms with Crippen LogP contribution in [0.4, 0.5) is 0 Å². The Bertz CT molecular complexity index is 675. The molecule has 2 aliphatic heterocycles. The van der Waals surface area contributed by atoms with E-state index in [1.54, 1.807) is 0 Å². The van der Waals surface area contributed by atoms with Gasteiger partial charge in [0.05, 0.1) is 24.2 Å². The third-order valence-corrected chi connectivity index (χ3v) is 7.12. The van der Waals surface area contributed by atoms with E-state index in [-0.39, 0.29) is 24.0 Å². The SMILES string of the molecule is O=C(C1CC(O)C1)N1CCN2CCc3c(ncn3CC3CCCC3)C2C1. The minimum atomic E-state index is -0.266. The minimum absolute atomic E-state index is 0.0412. The van der Waals surface area contributed by atoms with Crippen molar-refractivity contribution in [2.75, 3.05) is 26.2 Å². The summed E-state index contributed by atoms with van der Waals surface area (Å²) in [6.45, 7) is 4.73. The predicted molar refractivity (Wildman–Crippen MR) is 97.5 cm³/mol. The molecule has 3 fully saturated rings. The molecule has 1 atom stereocenters. The fourth-order valence-electron chi connectivity index (χ4n) is 5.45. The number of fused-ring (bicyclic) bond motifs is 3. The van der Waals surface area contributed by atoms with Crippen molar-refractivity contribution in [1.82, 2.24) is 19.4 Å². The molecule has 5 rings (SSSR count). The molecule has 1 unspecified atom stereocenters. The van der Waals surface area contributed by atoms with Crippen LogP contribution in [0.25, 0.3) is 0 Å². The van der Waals surface area contributed by atoms with Crippen LogP contribution in [0.15, 0.2) is 6.33 Å². The monoisotopic (exact) mass is 358 g/mol. The molecule has 3 heterocycles. The molecule has 26 heavy (non-hydrogen) atoms. The molecular formula is C20H30N4O2. The summed E-state index contributed by atoms with van der Waals surface area (Å²) in [4.78, 5) is 22.1. The second-order valence-electron chi connectivity index (χ2n) is 8.79. The Labute approximate surface area is 155 Å². The lowest BCUT2D eigenvalue weighted by molar-refractivity contribution is -0.145. The van der Waals surface area contributed by atoms with Crippen molar-refractivity contribution in [3.63, 3.8) is 0 Å². The summed E-state index contributed by atoms with van der Waals surface area (Å²) in [5.74, 6) is 1.10. The van der Waals surface area contributed by atoms with Crippen molar-refractivity contribution in [3.8, 4) is 0 Å². The maximum absolute atomic E-state index is 12.7. The number of hydrogen-bond donors (Lipinski definition) is 1. The highest BCUT2D eigenvalue weighted by Gasteiger charge is 2.41. The molecular weight excluding hydrogens is 328 g/mol. The Balaban J connectivity index is 1.31. The predicted octanol–water partition coefficient (Wildman–Crippen LogP) is 1.59. The van der Waals surface area contributed by atoms with Crippen LogP contribution in [0.3, 0.4) is 0 Å². The lowest BCUT2D eigenvalue weighted by Gasteiger charge is -2.45. The van der Waals surface area contributed by atoms with E-state index in [9.17, 15) is 9.90 Å². The van der Waals surface area contributed by atoms with Gasteiger partial charge < -0.3 is 14.6 Å². The molecule has 6 nitrogen and oxygen atoms in total. The zero-order valence-corrected chi connectivity index (χ0v) is 15.5. The topological polar surface area (TPSA) is 61.6 Å². The first-order valence-corrected chi connectivity index (χ1v) is 10.4. The van der Waals surface area contributed by atoms with E-state index < -0.39 is 0 Å². The number of rotatable bonds is 3. The minimum Gasteiger partial charge on any atom is -0.393 e. The van der Waals surface area contributed by atoms with Crippen LogP contribution in [0, 0.1) is 11.8 Å². The number of aliphatic hydroxyl groups is 1. The number of aliphatic hydroxyl groups excluding tert-OH is 1. The Morgan fingerprint density at radius 3 is 2.77 bits per heavy atom. The molecule has 142 valence electrons. The maximum Gasteiger partial charge on any atom is 0.225 e. The number of carbonyl (C=O) groups is 1. The Kier molecular flexibility index (Phi) is 4.28. The highest BCUT2D eigenvalue weighted by Crippen LogP contribution is 2.35. The van der Waals surface area contributed by atoms with Crippen LogP contribution in [-0.2, 0) is 17.8 Å². The smallest absolute Gasteiger partial charge is 0.225 e. The second kappa shape index (κ2) is 6.64. The molecule has 0 radical (unpaired) electrons. The quantitative estimate of drug-likeness (QED) is 0.891. The molecule has 6 heteroatoms.